The zero-order valence-electron chi connectivity index (χ0n) is 11.4. The van der Waals surface area contributed by atoms with Gasteiger partial charge in [0.05, 0.1) is 11.0 Å². The van der Waals surface area contributed by atoms with Gasteiger partial charge >= 0.3 is 0 Å². The lowest BCUT2D eigenvalue weighted by Gasteiger charge is -2.08. The van der Waals surface area contributed by atoms with Crippen LogP contribution in [0.15, 0.2) is 59.5 Å². The molecule has 1 N–H and O–H groups in total. The molecule has 2 aromatic rings. The normalized spacial score (nSPS) is 11.2. The Kier molecular flexibility index (Phi) is 4.41. The number of anilines is 1. The number of allylic oxidation sites excluding steroid dienone is 1. The van der Waals surface area contributed by atoms with Gasteiger partial charge in [-0.3, -0.25) is 4.72 Å². The Hall–Kier alpha value is -2.58. The summed E-state index contributed by atoms with van der Waals surface area (Å²) in [6.07, 6.45) is 2.96. The molecule has 0 aliphatic rings. The Morgan fingerprint density at radius 1 is 1.14 bits per heavy atom. The molecule has 0 saturated carbocycles. The number of aryl methyl sites for hydroxylation is 1. The van der Waals surface area contributed by atoms with Crippen LogP contribution in [0, 0.1) is 18.3 Å². The molecule has 0 atom stereocenters. The van der Waals surface area contributed by atoms with Crippen LogP contribution in [0.2, 0.25) is 0 Å². The molecule has 0 aliphatic carbocycles. The first-order valence-electron chi connectivity index (χ1n) is 6.27. The van der Waals surface area contributed by atoms with Crippen LogP contribution in [0.5, 0.6) is 0 Å². The summed E-state index contributed by atoms with van der Waals surface area (Å²) < 4.78 is 27.1. The molecular formula is C16H14N2O2S. The standard InChI is InChI=1S/C16H14N2O2S/c1-13-4-2-6-15(12-13)18-21(19,20)16-9-7-14(8-10-16)5-3-11-17/h2-10,12,18H,1H3/b5-3+. The highest BCUT2D eigenvalue weighted by molar-refractivity contribution is 7.92. The summed E-state index contributed by atoms with van der Waals surface area (Å²) in [5.41, 5.74) is 2.28. The zero-order valence-corrected chi connectivity index (χ0v) is 12.3. The number of nitrogens with zero attached hydrogens (tertiary/aromatic N) is 1. The highest BCUT2D eigenvalue weighted by Crippen LogP contribution is 2.17. The molecule has 0 radical (unpaired) electrons. The van der Waals surface area contributed by atoms with Crippen LogP contribution in [0.25, 0.3) is 6.08 Å². The van der Waals surface area contributed by atoms with Gasteiger partial charge in [-0.1, -0.05) is 24.3 Å². The molecule has 2 aromatic carbocycles. The van der Waals surface area contributed by atoms with Crippen molar-refractivity contribution in [3.05, 3.63) is 65.7 Å². The topological polar surface area (TPSA) is 70.0 Å². The van der Waals surface area contributed by atoms with E-state index in [4.69, 9.17) is 5.26 Å². The van der Waals surface area contributed by atoms with E-state index < -0.39 is 10.0 Å². The predicted octanol–water partition coefficient (Wildman–Crippen LogP) is 3.33. The van der Waals surface area contributed by atoms with Gasteiger partial charge in [0, 0.05) is 11.8 Å². The van der Waals surface area contributed by atoms with Crippen molar-refractivity contribution < 1.29 is 8.42 Å². The molecule has 0 spiro atoms. The summed E-state index contributed by atoms with van der Waals surface area (Å²) >= 11 is 0. The summed E-state index contributed by atoms with van der Waals surface area (Å²) in [6.45, 7) is 1.90. The monoisotopic (exact) mass is 298 g/mol. The van der Waals surface area contributed by atoms with Gasteiger partial charge in [0.25, 0.3) is 10.0 Å². The van der Waals surface area contributed by atoms with Crippen molar-refractivity contribution in [2.45, 2.75) is 11.8 Å². The average molecular weight is 298 g/mol. The SMILES string of the molecule is Cc1cccc(NS(=O)(=O)c2ccc(/C=C/C#N)cc2)c1. The molecule has 106 valence electrons. The Bertz CT molecular complexity index is 801. The number of rotatable bonds is 4. The highest BCUT2D eigenvalue weighted by atomic mass is 32.2. The minimum atomic E-state index is -3.61. The van der Waals surface area contributed by atoms with E-state index in [0.29, 0.717) is 5.69 Å². The third-order valence-corrected chi connectivity index (χ3v) is 4.21. The minimum absolute atomic E-state index is 0.179. The van der Waals surface area contributed by atoms with Gasteiger partial charge in [0.2, 0.25) is 0 Å². The molecule has 2 rings (SSSR count). The first kappa shape index (κ1) is 14.8. The number of hydrogen-bond donors (Lipinski definition) is 1. The smallest absolute Gasteiger partial charge is 0.261 e. The van der Waals surface area contributed by atoms with Gasteiger partial charge in [-0.25, -0.2) is 8.42 Å². The molecule has 0 aromatic heterocycles. The van der Waals surface area contributed by atoms with Gasteiger partial charge in [0.15, 0.2) is 0 Å². The third kappa shape index (κ3) is 3.94. The van der Waals surface area contributed by atoms with Crippen molar-refractivity contribution >= 4 is 21.8 Å². The molecular weight excluding hydrogens is 284 g/mol. The first-order valence-corrected chi connectivity index (χ1v) is 7.75. The minimum Gasteiger partial charge on any atom is -0.280 e. The molecule has 0 unspecified atom stereocenters. The fraction of sp³-hybridized carbons (Fsp3) is 0.0625. The molecule has 0 heterocycles. The Balaban J connectivity index is 2.24. The summed E-state index contributed by atoms with van der Waals surface area (Å²) in [5, 5.41) is 8.46. The van der Waals surface area contributed by atoms with Crippen molar-refractivity contribution in [2.24, 2.45) is 0 Å². The van der Waals surface area contributed by atoms with Crippen LogP contribution < -0.4 is 4.72 Å². The fourth-order valence-corrected chi connectivity index (χ4v) is 2.86. The van der Waals surface area contributed by atoms with E-state index in [1.165, 1.54) is 18.2 Å². The largest absolute Gasteiger partial charge is 0.280 e. The van der Waals surface area contributed by atoms with Gasteiger partial charge in [-0.2, -0.15) is 5.26 Å². The maximum atomic E-state index is 12.3. The molecule has 0 aliphatic heterocycles. The fourth-order valence-electron chi connectivity index (χ4n) is 1.81. The van der Waals surface area contributed by atoms with Gasteiger partial charge in [-0.15, -0.1) is 0 Å². The molecule has 0 fully saturated rings. The summed E-state index contributed by atoms with van der Waals surface area (Å²) in [7, 11) is -3.61. The second kappa shape index (κ2) is 6.25. The zero-order chi connectivity index (χ0) is 15.3. The summed E-state index contributed by atoms with van der Waals surface area (Å²) in [6, 6.07) is 15.4. The number of nitrogens with one attached hydrogen (secondary N) is 1. The molecule has 0 saturated heterocycles. The van der Waals surface area contributed by atoms with E-state index in [-0.39, 0.29) is 4.90 Å². The maximum absolute atomic E-state index is 12.3. The number of sulfonamides is 1. The van der Waals surface area contributed by atoms with Crippen molar-refractivity contribution in [1.82, 2.24) is 0 Å². The van der Waals surface area contributed by atoms with E-state index in [1.54, 1.807) is 36.4 Å². The van der Waals surface area contributed by atoms with Crippen LogP contribution in [0.1, 0.15) is 11.1 Å². The van der Waals surface area contributed by atoms with Crippen LogP contribution in [0.4, 0.5) is 5.69 Å². The van der Waals surface area contributed by atoms with E-state index in [9.17, 15) is 8.42 Å². The van der Waals surface area contributed by atoms with Crippen molar-refractivity contribution in [3.8, 4) is 6.07 Å². The van der Waals surface area contributed by atoms with E-state index in [0.717, 1.165) is 11.1 Å². The molecule has 5 heteroatoms. The average Bonchev–Trinajstić information content (AvgIpc) is 2.45. The maximum Gasteiger partial charge on any atom is 0.261 e. The quantitative estimate of drug-likeness (QED) is 0.880. The lowest BCUT2D eigenvalue weighted by Crippen LogP contribution is -2.12. The highest BCUT2D eigenvalue weighted by Gasteiger charge is 2.13. The molecule has 0 bridgehead atoms. The van der Waals surface area contributed by atoms with Crippen molar-refractivity contribution in [3.63, 3.8) is 0 Å². The number of hydrogen-bond acceptors (Lipinski definition) is 3. The van der Waals surface area contributed by atoms with Crippen molar-refractivity contribution in [1.29, 1.82) is 5.26 Å². The van der Waals surface area contributed by atoms with Crippen LogP contribution in [-0.2, 0) is 10.0 Å². The second-order valence-corrected chi connectivity index (χ2v) is 6.19. The predicted molar refractivity (Wildman–Crippen MR) is 83.1 cm³/mol. The van der Waals surface area contributed by atoms with Gasteiger partial charge in [0.1, 0.15) is 0 Å². The number of nitriles is 1. The Labute approximate surface area is 124 Å². The van der Waals surface area contributed by atoms with Crippen LogP contribution >= 0.6 is 0 Å². The lowest BCUT2D eigenvalue weighted by atomic mass is 10.2. The second-order valence-electron chi connectivity index (χ2n) is 4.51. The summed E-state index contributed by atoms with van der Waals surface area (Å²) in [4.78, 5) is 0.179. The van der Waals surface area contributed by atoms with E-state index in [1.807, 2.05) is 19.1 Å². The van der Waals surface area contributed by atoms with E-state index in [2.05, 4.69) is 4.72 Å². The lowest BCUT2D eigenvalue weighted by molar-refractivity contribution is 0.601. The number of benzene rings is 2. The Morgan fingerprint density at radius 3 is 2.48 bits per heavy atom. The van der Waals surface area contributed by atoms with Crippen LogP contribution in [0.3, 0.4) is 0 Å². The molecule has 4 nitrogen and oxygen atoms in total. The van der Waals surface area contributed by atoms with E-state index >= 15 is 0 Å². The van der Waals surface area contributed by atoms with Gasteiger partial charge in [-0.05, 0) is 48.4 Å². The third-order valence-electron chi connectivity index (χ3n) is 2.81. The summed E-state index contributed by atoms with van der Waals surface area (Å²) in [5.74, 6) is 0. The molecule has 21 heavy (non-hydrogen) atoms. The first-order chi connectivity index (χ1) is 10.0. The Morgan fingerprint density at radius 2 is 1.86 bits per heavy atom. The van der Waals surface area contributed by atoms with Gasteiger partial charge < -0.3 is 0 Å². The molecule has 0 amide bonds. The van der Waals surface area contributed by atoms with Crippen molar-refractivity contribution in [2.75, 3.05) is 4.72 Å². The van der Waals surface area contributed by atoms with Crippen LogP contribution in [-0.4, -0.2) is 8.42 Å².